The highest BCUT2D eigenvalue weighted by atomic mass is 15.0. The van der Waals surface area contributed by atoms with Crippen molar-refractivity contribution in [3.63, 3.8) is 0 Å². The normalized spacial score (nSPS) is 11.0. The van der Waals surface area contributed by atoms with Crippen LogP contribution in [0.5, 0.6) is 0 Å². The fourth-order valence-corrected chi connectivity index (χ4v) is 1.52. The van der Waals surface area contributed by atoms with Gasteiger partial charge in [-0.25, -0.2) is 4.98 Å². The highest BCUT2D eigenvalue weighted by Gasteiger charge is 1.93. The lowest BCUT2D eigenvalue weighted by Crippen LogP contribution is -1.95. The monoisotopic (exact) mass is 198 g/mol. The number of allylic oxidation sites excluding steroid dienone is 1. The van der Waals surface area contributed by atoms with Crippen LogP contribution in [0.25, 0.3) is 6.08 Å². The third-order valence-corrected chi connectivity index (χ3v) is 2.26. The molecule has 2 nitrogen and oxygen atoms in total. The van der Waals surface area contributed by atoms with Gasteiger partial charge in [0.2, 0.25) is 0 Å². The maximum absolute atomic E-state index is 4.02. The first-order valence-electron chi connectivity index (χ1n) is 5.06. The highest BCUT2D eigenvalue weighted by Crippen LogP contribution is 2.07. The molecule has 0 spiro atoms. The second-order valence-corrected chi connectivity index (χ2v) is 3.48. The summed E-state index contributed by atoms with van der Waals surface area (Å²) in [6, 6.07) is 8.56. The summed E-state index contributed by atoms with van der Waals surface area (Å²) in [6.07, 6.45) is 9.75. The second kappa shape index (κ2) is 4.60. The van der Waals surface area contributed by atoms with E-state index in [1.165, 1.54) is 11.1 Å². The van der Waals surface area contributed by atoms with Crippen molar-refractivity contribution in [2.45, 2.75) is 13.5 Å². The van der Waals surface area contributed by atoms with Crippen molar-refractivity contribution in [3.8, 4) is 0 Å². The Bertz CT molecular complexity index is 424. The van der Waals surface area contributed by atoms with Gasteiger partial charge < -0.3 is 4.57 Å². The first-order valence-corrected chi connectivity index (χ1v) is 5.06. The zero-order valence-electron chi connectivity index (χ0n) is 8.80. The van der Waals surface area contributed by atoms with E-state index >= 15 is 0 Å². The van der Waals surface area contributed by atoms with Crippen LogP contribution in [0.1, 0.15) is 18.1 Å². The predicted molar refractivity (Wildman–Crippen MR) is 62.5 cm³/mol. The Hall–Kier alpha value is -1.83. The summed E-state index contributed by atoms with van der Waals surface area (Å²) in [5.41, 5.74) is 2.54. The molecule has 0 bridgehead atoms. The van der Waals surface area contributed by atoms with Crippen molar-refractivity contribution >= 4 is 6.08 Å². The molecule has 76 valence electrons. The lowest BCUT2D eigenvalue weighted by atomic mass is 10.1. The van der Waals surface area contributed by atoms with Gasteiger partial charge in [0.1, 0.15) is 0 Å². The highest BCUT2D eigenvalue weighted by molar-refractivity contribution is 5.49. The summed E-state index contributed by atoms with van der Waals surface area (Å²) in [5.74, 6) is 0. The van der Waals surface area contributed by atoms with Crippen LogP contribution < -0.4 is 0 Å². The van der Waals surface area contributed by atoms with E-state index in [-0.39, 0.29) is 0 Å². The van der Waals surface area contributed by atoms with Gasteiger partial charge in [0.15, 0.2) is 0 Å². The third-order valence-electron chi connectivity index (χ3n) is 2.26. The number of imidazole rings is 1. The Kier molecular flexibility index (Phi) is 2.98. The van der Waals surface area contributed by atoms with E-state index in [2.05, 4.69) is 39.9 Å². The number of benzene rings is 1. The van der Waals surface area contributed by atoms with E-state index in [1.54, 1.807) is 6.20 Å². The molecular weight excluding hydrogens is 184 g/mol. The second-order valence-electron chi connectivity index (χ2n) is 3.48. The Morgan fingerprint density at radius 3 is 2.67 bits per heavy atom. The minimum Gasteiger partial charge on any atom is -0.333 e. The van der Waals surface area contributed by atoms with Gasteiger partial charge >= 0.3 is 0 Å². The Balaban J connectivity index is 2.10. The molecule has 0 N–H and O–H groups in total. The Morgan fingerprint density at radius 2 is 2.07 bits per heavy atom. The van der Waals surface area contributed by atoms with E-state index in [0.717, 1.165) is 6.54 Å². The molecule has 2 rings (SSSR count). The third kappa shape index (κ3) is 2.56. The van der Waals surface area contributed by atoms with Gasteiger partial charge in [0, 0.05) is 18.9 Å². The molecule has 0 aliphatic heterocycles. The van der Waals surface area contributed by atoms with Crippen molar-refractivity contribution in [2.75, 3.05) is 0 Å². The molecule has 1 heterocycles. The van der Waals surface area contributed by atoms with Crippen LogP contribution in [-0.4, -0.2) is 9.55 Å². The number of hydrogen-bond acceptors (Lipinski definition) is 1. The molecule has 0 atom stereocenters. The molecule has 2 heteroatoms. The zero-order chi connectivity index (χ0) is 10.5. The van der Waals surface area contributed by atoms with E-state index in [9.17, 15) is 0 Å². The Labute approximate surface area is 89.9 Å². The molecule has 0 amide bonds. The van der Waals surface area contributed by atoms with E-state index < -0.39 is 0 Å². The first kappa shape index (κ1) is 9.71. The van der Waals surface area contributed by atoms with Crippen LogP contribution in [0.2, 0.25) is 0 Å². The SMILES string of the molecule is CC=Cc1ccc(Cn2ccnc2)cc1. The molecular formula is C13H14N2. The van der Waals surface area contributed by atoms with Crippen LogP contribution in [0.15, 0.2) is 49.1 Å². The van der Waals surface area contributed by atoms with Gasteiger partial charge in [0.05, 0.1) is 6.33 Å². The fraction of sp³-hybridized carbons (Fsp3) is 0.154. The van der Waals surface area contributed by atoms with Crippen LogP contribution in [-0.2, 0) is 6.54 Å². The van der Waals surface area contributed by atoms with Crippen molar-refractivity contribution in [3.05, 3.63) is 60.2 Å². The number of aromatic nitrogens is 2. The zero-order valence-corrected chi connectivity index (χ0v) is 8.80. The molecule has 0 saturated carbocycles. The predicted octanol–water partition coefficient (Wildman–Crippen LogP) is 2.96. The first-order chi connectivity index (χ1) is 7.38. The molecule has 0 radical (unpaired) electrons. The van der Waals surface area contributed by atoms with Crippen LogP contribution in [0.4, 0.5) is 0 Å². The number of rotatable bonds is 3. The van der Waals surface area contributed by atoms with Crippen molar-refractivity contribution in [2.24, 2.45) is 0 Å². The quantitative estimate of drug-likeness (QED) is 0.741. The average molecular weight is 198 g/mol. The number of nitrogens with zero attached hydrogens (tertiary/aromatic N) is 2. The molecule has 0 aliphatic rings. The molecule has 2 aromatic rings. The molecule has 0 saturated heterocycles. The lowest BCUT2D eigenvalue weighted by Gasteiger charge is -2.02. The Morgan fingerprint density at radius 1 is 1.27 bits per heavy atom. The summed E-state index contributed by atoms with van der Waals surface area (Å²) in [7, 11) is 0. The van der Waals surface area contributed by atoms with Crippen LogP contribution >= 0.6 is 0 Å². The fourth-order valence-electron chi connectivity index (χ4n) is 1.52. The van der Waals surface area contributed by atoms with Gasteiger partial charge in [-0.2, -0.15) is 0 Å². The van der Waals surface area contributed by atoms with Gasteiger partial charge in [-0.05, 0) is 18.1 Å². The van der Waals surface area contributed by atoms with Crippen molar-refractivity contribution in [1.82, 2.24) is 9.55 Å². The summed E-state index contributed by atoms with van der Waals surface area (Å²) < 4.78 is 2.06. The minimum absolute atomic E-state index is 0.885. The lowest BCUT2D eigenvalue weighted by molar-refractivity contribution is 0.797. The summed E-state index contributed by atoms with van der Waals surface area (Å²) in [4.78, 5) is 4.02. The van der Waals surface area contributed by atoms with Crippen LogP contribution in [0.3, 0.4) is 0 Å². The summed E-state index contributed by atoms with van der Waals surface area (Å²) in [5, 5.41) is 0. The maximum atomic E-state index is 4.02. The van der Waals surface area contributed by atoms with Gasteiger partial charge in [0.25, 0.3) is 0 Å². The van der Waals surface area contributed by atoms with Crippen LogP contribution in [0, 0.1) is 0 Å². The van der Waals surface area contributed by atoms with Gasteiger partial charge in [-0.1, -0.05) is 36.4 Å². The molecule has 15 heavy (non-hydrogen) atoms. The summed E-state index contributed by atoms with van der Waals surface area (Å²) in [6.45, 7) is 2.91. The van der Waals surface area contributed by atoms with Crippen molar-refractivity contribution < 1.29 is 0 Å². The molecule has 1 aromatic heterocycles. The average Bonchev–Trinajstić information content (AvgIpc) is 2.74. The molecule has 0 unspecified atom stereocenters. The smallest absolute Gasteiger partial charge is 0.0949 e. The topological polar surface area (TPSA) is 17.8 Å². The molecule has 1 aromatic carbocycles. The van der Waals surface area contributed by atoms with Gasteiger partial charge in [-0.15, -0.1) is 0 Å². The molecule has 0 aliphatic carbocycles. The van der Waals surface area contributed by atoms with E-state index in [4.69, 9.17) is 0 Å². The standard InChI is InChI=1S/C13H14N2/c1-2-3-12-4-6-13(7-5-12)10-15-9-8-14-11-15/h2-9,11H,10H2,1H3. The largest absolute Gasteiger partial charge is 0.333 e. The summed E-state index contributed by atoms with van der Waals surface area (Å²) >= 11 is 0. The van der Waals surface area contributed by atoms with Crippen molar-refractivity contribution in [1.29, 1.82) is 0 Å². The maximum Gasteiger partial charge on any atom is 0.0949 e. The van der Waals surface area contributed by atoms with Gasteiger partial charge in [-0.3, -0.25) is 0 Å². The van der Waals surface area contributed by atoms with E-state index in [1.807, 2.05) is 25.5 Å². The minimum atomic E-state index is 0.885. The molecule has 0 fully saturated rings. The number of hydrogen-bond donors (Lipinski definition) is 0. The van der Waals surface area contributed by atoms with E-state index in [0.29, 0.717) is 0 Å².